The number of carbonyl (C=O) groups excluding carboxylic acids is 1. The van der Waals surface area contributed by atoms with Gasteiger partial charge in [0.15, 0.2) is 0 Å². The summed E-state index contributed by atoms with van der Waals surface area (Å²) in [6, 6.07) is 15.3. The third kappa shape index (κ3) is 5.52. The number of nitrogens with one attached hydrogen (secondary N) is 1. The van der Waals surface area contributed by atoms with E-state index in [0.717, 1.165) is 27.0 Å². The lowest BCUT2D eigenvalue weighted by molar-refractivity contribution is -0.111. The number of anilines is 1. The minimum absolute atomic E-state index is 0.146. The number of ether oxygens (including phenoxy) is 1. The second-order valence-corrected chi connectivity index (χ2v) is 5.99. The van der Waals surface area contributed by atoms with E-state index < -0.39 is 0 Å². The number of carbonyl (C=O) groups is 1. The predicted octanol–water partition coefficient (Wildman–Crippen LogP) is 4.73. The Labute approximate surface area is 144 Å². The maximum Gasteiger partial charge on any atom is 0.248 e. The van der Waals surface area contributed by atoms with Crippen molar-refractivity contribution in [3.8, 4) is 5.75 Å². The summed E-state index contributed by atoms with van der Waals surface area (Å²) in [5, 5.41) is 2.82. The third-order valence-corrected chi connectivity index (χ3v) is 3.61. The fraction of sp³-hybridized carbons (Fsp3) is 0.167. The van der Waals surface area contributed by atoms with Gasteiger partial charge in [-0.2, -0.15) is 0 Å². The monoisotopic (exact) mass is 407 g/mol. The molecule has 1 amide bonds. The summed E-state index contributed by atoms with van der Waals surface area (Å²) >= 11 is 2.23. The zero-order valence-electron chi connectivity index (χ0n) is 12.4. The lowest BCUT2D eigenvalue weighted by Gasteiger charge is -2.04. The molecule has 0 heterocycles. The van der Waals surface area contributed by atoms with Crippen LogP contribution < -0.4 is 10.1 Å². The number of rotatable bonds is 6. The Bertz CT molecular complexity index is 633. The summed E-state index contributed by atoms with van der Waals surface area (Å²) in [6.07, 6.45) is 4.30. The fourth-order valence-corrected chi connectivity index (χ4v) is 2.14. The molecule has 0 spiro atoms. The van der Waals surface area contributed by atoms with Crippen LogP contribution in [0.1, 0.15) is 18.9 Å². The lowest BCUT2D eigenvalue weighted by Crippen LogP contribution is -2.07. The van der Waals surface area contributed by atoms with Gasteiger partial charge >= 0.3 is 0 Å². The van der Waals surface area contributed by atoms with E-state index in [0.29, 0.717) is 6.61 Å². The summed E-state index contributed by atoms with van der Waals surface area (Å²) < 4.78 is 6.66. The molecule has 0 aliphatic heterocycles. The topological polar surface area (TPSA) is 38.3 Å². The van der Waals surface area contributed by atoms with Gasteiger partial charge in [0, 0.05) is 15.3 Å². The molecule has 4 heteroatoms. The van der Waals surface area contributed by atoms with Gasteiger partial charge in [0.05, 0.1) is 6.61 Å². The Hall–Kier alpha value is -1.82. The van der Waals surface area contributed by atoms with Crippen LogP contribution in [0.5, 0.6) is 5.75 Å². The van der Waals surface area contributed by atoms with Crippen LogP contribution in [0.15, 0.2) is 54.6 Å². The number of hydrogen-bond donors (Lipinski definition) is 1. The Morgan fingerprint density at radius 3 is 2.45 bits per heavy atom. The molecule has 0 aliphatic carbocycles. The van der Waals surface area contributed by atoms with Crippen molar-refractivity contribution in [2.45, 2.75) is 13.3 Å². The van der Waals surface area contributed by atoms with Gasteiger partial charge in [-0.3, -0.25) is 4.79 Å². The number of halogens is 1. The van der Waals surface area contributed by atoms with Gasteiger partial charge in [-0.05, 0) is 77.0 Å². The average Bonchev–Trinajstić information content (AvgIpc) is 2.54. The molecule has 3 nitrogen and oxygen atoms in total. The molecule has 0 atom stereocenters. The van der Waals surface area contributed by atoms with E-state index in [1.165, 1.54) is 6.08 Å². The quantitative estimate of drug-likeness (QED) is 0.556. The molecule has 114 valence electrons. The van der Waals surface area contributed by atoms with Crippen molar-refractivity contribution in [1.29, 1.82) is 0 Å². The molecule has 0 saturated carbocycles. The third-order valence-electron chi connectivity index (χ3n) is 2.89. The molecule has 0 radical (unpaired) electrons. The van der Waals surface area contributed by atoms with Crippen LogP contribution >= 0.6 is 22.6 Å². The fourth-order valence-electron chi connectivity index (χ4n) is 1.78. The molecule has 2 aromatic carbocycles. The predicted molar refractivity (Wildman–Crippen MR) is 99.1 cm³/mol. The smallest absolute Gasteiger partial charge is 0.248 e. The van der Waals surface area contributed by atoms with E-state index in [-0.39, 0.29) is 5.91 Å². The van der Waals surface area contributed by atoms with Crippen LogP contribution in [-0.2, 0) is 4.79 Å². The Morgan fingerprint density at radius 2 is 1.82 bits per heavy atom. The van der Waals surface area contributed by atoms with Crippen LogP contribution in [0, 0.1) is 3.57 Å². The van der Waals surface area contributed by atoms with Crippen LogP contribution in [-0.4, -0.2) is 12.5 Å². The standard InChI is InChI=1S/C18H18INO2/c1-2-13-22-17-10-3-14(4-11-17)5-12-18(21)20-16-8-6-15(19)7-9-16/h3-12H,2,13H2,1H3,(H,20,21). The second kappa shape index (κ2) is 8.58. The summed E-state index contributed by atoms with van der Waals surface area (Å²) in [7, 11) is 0. The van der Waals surface area contributed by atoms with Gasteiger partial charge in [-0.1, -0.05) is 19.1 Å². The number of amides is 1. The molecule has 0 bridgehead atoms. The van der Waals surface area contributed by atoms with E-state index in [1.54, 1.807) is 6.08 Å². The highest BCUT2D eigenvalue weighted by Gasteiger charge is 1.98. The highest BCUT2D eigenvalue weighted by Crippen LogP contribution is 2.14. The summed E-state index contributed by atoms with van der Waals surface area (Å²) in [5.41, 5.74) is 1.75. The molecular formula is C18H18INO2. The maximum absolute atomic E-state index is 11.9. The first-order valence-corrected chi connectivity index (χ1v) is 8.23. The van der Waals surface area contributed by atoms with Crippen molar-refractivity contribution in [3.63, 3.8) is 0 Å². The highest BCUT2D eigenvalue weighted by atomic mass is 127. The van der Waals surface area contributed by atoms with E-state index >= 15 is 0 Å². The molecule has 2 rings (SSSR count). The largest absolute Gasteiger partial charge is 0.494 e. The van der Waals surface area contributed by atoms with E-state index in [4.69, 9.17) is 4.74 Å². The van der Waals surface area contributed by atoms with Crippen LogP contribution in [0.2, 0.25) is 0 Å². The normalized spacial score (nSPS) is 10.6. The molecule has 22 heavy (non-hydrogen) atoms. The van der Waals surface area contributed by atoms with Gasteiger partial charge < -0.3 is 10.1 Å². The molecule has 1 N–H and O–H groups in total. The minimum Gasteiger partial charge on any atom is -0.494 e. The molecule has 0 fully saturated rings. The summed E-state index contributed by atoms with van der Waals surface area (Å²) in [6.45, 7) is 2.79. The molecule has 0 aliphatic rings. The molecule has 0 saturated heterocycles. The Kier molecular flexibility index (Phi) is 6.45. The molecule has 0 aromatic heterocycles. The van der Waals surface area contributed by atoms with Gasteiger partial charge in [-0.25, -0.2) is 0 Å². The zero-order chi connectivity index (χ0) is 15.8. The highest BCUT2D eigenvalue weighted by molar-refractivity contribution is 14.1. The van der Waals surface area contributed by atoms with Crippen LogP contribution in [0.25, 0.3) is 6.08 Å². The Balaban J connectivity index is 1.90. The second-order valence-electron chi connectivity index (χ2n) is 4.75. The van der Waals surface area contributed by atoms with Crippen molar-refractivity contribution >= 4 is 40.3 Å². The summed E-state index contributed by atoms with van der Waals surface area (Å²) in [5.74, 6) is 0.704. The van der Waals surface area contributed by atoms with Crippen molar-refractivity contribution in [3.05, 3.63) is 63.7 Å². The van der Waals surface area contributed by atoms with E-state index in [2.05, 4.69) is 34.8 Å². The molecule has 2 aromatic rings. The minimum atomic E-state index is -0.146. The molecular weight excluding hydrogens is 389 g/mol. The first-order chi connectivity index (χ1) is 10.7. The van der Waals surface area contributed by atoms with Gasteiger partial charge in [0.25, 0.3) is 0 Å². The van der Waals surface area contributed by atoms with Crippen molar-refractivity contribution in [2.75, 3.05) is 11.9 Å². The number of hydrogen-bond acceptors (Lipinski definition) is 2. The van der Waals surface area contributed by atoms with Crippen molar-refractivity contribution in [2.24, 2.45) is 0 Å². The van der Waals surface area contributed by atoms with E-state index in [1.807, 2.05) is 48.5 Å². The Morgan fingerprint density at radius 1 is 1.14 bits per heavy atom. The van der Waals surface area contributed by atoms with Crippen molar-refractivity contribution < 1.29 is 9.53 Å². The summed E-state index contributed by atoms with van der Waals surface area (Å²) in [4.78, 5) is 11.9. The van der Waals surface area contributed by atoms with Gasteiger partial charge in [-0.15, -0.1) is 0 Å². The zero-order valence-corrected chi connectivity index (χ0v) is 14.5. The van der Waals surface area contributed by atoms with Gasteiger partial charge in [0.1, 0.15) is 5.75 Å². The van der Waals surface area contributed by atoms with Gasteiger partial charge in [0.2, 0.25) is 5.91 Å². The SMILES string of the molecule is CCCOc1ccc(C=CC(=O)Nc2ccc(I)cc2)cc1. The van der Waals surface area contributed by atoms with E-state index in [9.17, 15) is 4.79 Å². The molecule has 0 unspecified atom stereocenters. The van der Waals surface area contributed by atoms with Crippen molar-refractivity contribution in [1.82, 2.24) is 0 Å². The first-order valence-electron chi connectivity index (χ1n) is 7.15. The number of benzene rings is 2. The maximum atomic E-state index is 11.9. The van der Waals surface area contributed by atoms with Crippen LogP contribution in [0.4, 0.5) is 5.69 Å². The first kappa shape index (κ1) is 16.5. The van der Waals surface area contributed by atoms with Crippen LogP contribution in [0.3, 0.4) is 0 Å². The lowest BCUT2D eigenvalue weighted by atomic mass is 10.2. The average molecular weight is 407 g/mol.